The quantitative estimate of drug-likeness (QED) is 0.344. The van der Waals surface area contributed by atoms with Gasteiger partial charge in [0.15, 0.2) is 5.65 Å². The molecule has 3 heterocycles. The number of nitrogen functional groups attached to an aromatic ring is 1. The predicted molar refractivity (Wildman–Crippen MR) is 136 cm³/mol. The Balaban J connectivity index is 1.39. The molecule has 0 saturated heterocycles. The number of halogens is 1. The molecule has 1 aliphatic rings. The highest BCUT2D eigenvalue weighted by Gasteiger charge is 2.26. The van der Waals surface area contributed by atoms with Gasteiger partial charge in [-0.2, -0.15) is 13.8 Å². The first-order chi connectivity index (χ1) is 17.3. The number of hydrogen-bond acceptors (Lipinski definition) is 9. The molecule has 6 rings (SSSR count). The van der Waals surface area contributed by atoms with Crippen LogP contribution < -0.4 is 10.5 Å². The van der Waals surface area contributed by atoms with Crippen molar-refractivity contribution in [1.82, 2.24) is 28.5 Å². The minimum absolute atomic E-state index is 0.0634. The highest BCUT2D eigenvalue weighted by atomic mass is 32.2. The minimum Gasteiger partial charge on any atom is -0.383 e. The molecule has 0 radical (unpaired) electrons. The van der Waals surface area contributed by atoms with Crippen molar-refractivity contribution in [2.75, 3.05) is 10.5 Å². The molecule has 2 aromatic carbocycles. The number of nitrogens with one attached hydrogen (secondary N) is 1. The molecule has 1 aliphatic carbocycles. The van der Waals surface area contributed by atoms with E-state index < -0.39 is 15.8 Å². The van der Waals surface area contributed by atoms with E-state index in [1.54, 1.807) is 12.1 Å². The summed E-state index contributed by atoms with van der Waals surface area (Å²) in [6, 6.07) is 7.49. The molecule has 0 aliphatic heterocycles. The third-order valence-electron chi connectivity index (χ3n) is 6.55. The number of aryl methyl sites for hydroxylation is 1. The van der Waals surface area contributed by atoms with Gasteiger partial charge in [-0.05, 0) is 43.5 Å². The normalized spacial score (nSPS) is 14.7. The Hall–Kier alpha value is -3.71. The summed E-state index contributed by atoms with van der Waals surface area (Å²) in [5.41, 5.74) is 9.04. The number of sulfonamides is 1. The fourth-order valence-electron chi connectivity index (χ4n) is 4.73. The third kappa shape index (κ3) is 3.66. The van der Waals surface area contributed by atoms with Gasteiger partial charge in [0.2, 0.25) is 0 Å². The van der Waals surface area contributed by atoms with Crippen LogP contribution in [0.4, 0.5) is 15.9 Å². The van der Waals surface area contributed by atoms with Gasteiger partial charge in [-0.15, -0.1) is 0 Å². The second kappa shape index (κ2) is 8.45. The van der Waals surface area contributed by atoms with Crippen molar-refractivity contribution in [3.05, 3.63) is 48.0 Å². The molecular formula is C23H21FN8O2S2. The number of hydrogen-bond donors (Lipinski definition) is 2. The lowest BCUT2D eigenvalue weighted by Gasteiger charge is -2.11. The van der Waals surface area contributed by atoms with E-state index in [-0.39, 0.29) is 28.0 Å². The maximum atomic E-state index is 15.3. The average molecular weight is 525 g/mol. The van der Waals surface area contributed by atoms with Crippen LogP contribution in [0, 0.1) is 12.7 Å². The van der Waals surface area contributed by atoms with Crippen molar-refractivity contribution in [2.24, 2.45) is 0 Å². The summed E-state index contributed by atoms with van der Waals surface area (Å²) in [4.78, 5) is 8.43. The van der Waals surface area contributed by atoms with Crippen LogP contribution in [0.15, 0.2) is 41.6 Å². The third-order valence-corrected chi connectivity index (χ3v) is 8.47. The first kappa shape index (κ1) is 22.7. The lowest BCUT2D eigenvalue weighted by atomic mass is 10.1. The topological polar surface area (TPSA) is 142 Å². The van der Waals surface area contributed by atoms with E-state index in [1.807, 2.05) is 11.6 Å². The van der Waals surface area contributed by atoms with Crippen LogP contribution in [-0.4, -0.2) is 36.9 Å². The van der Waals surface area contributed by atoms with E-state index in [9.17, 15) is 8.42 Å². The van der Waals surface area contributed by atoms with Crippen LogP contribution in [0.1, 0.15) is 37.3 Å². The summed E-state index contributed by atoms with van der Waals surface area (Å²) in [7, 11) is -4.12. The summed E-state index contributed by atoms with van der Waals surface area (Å²) in [5.74, 6) is -0.500. The zero-order valence-electron chi connectivity index (χ0n) is 19.1. The van der Waals surface area contributed by atoms with Crippen molar-refractivity contribution in [2.45, 2.75) is 43.5 Å². The first-order valence-electron chi connectivity index (χ1n) is 11.4. The Labute approximate surface area is 209 Å². The molecule has 1 fully saturated rings. The standard InChI is InChI=1S/C23H21FN8O2S2/c1-12-6-9-17(21-19(12)29-35-30-21)36(33,34)31-16-8-7-13(10-15(16)24)20-18-22(25)26-11-27-23(18)32(28-20)14-4-2-3-5-14/h6-11,14,31H,2-5H2,1H3,(H2,25,26,27). The van der Waals surface area contributed by atoms with Crippen molar-refractivity contribution in [3.8, 4) is 11.3 Å². The summed E-state index contributed by atoms with van der Waals surface area (Å²) in [6.45, 7) is 1.82. The Kier molecular flexibility index (Phi) is 5.34. The lowest BCUT2D eigenvalue weighted by Crippen LogP contribution is -2.14. The van der Waals surface area contributed by atoms with Crippen molar-refractivity contribution >= 4 is 55.3 Å². The number of fused-ring (bicyclic) bond motifs is 2. The van der Waals surface area contributed by atoms with Crippen LogP contribution in [0.3, 0.4) is 0 Å². The molecule has 184 valence electrons. The number of rotatable bonds is 5. The van der Waals surface area contributed by atoms with Gasteiger partial charge in [0.05, 0.1) is 28.8 Å². The molecule has 36 heavy (non-hydrogen) atoms. The summed E-state index contributed by atoms with van der Waals surface area (Å²) < 4.78 is 54.0. The molecule has 0 unspecified atom stereocenters. The monoisotopic (exact) mass is 524 g/mol. The van der Waals surface area contributed by atoms with E-state index in [4.69, 9.17) is 10.8 Å². The molecule has 5 aromatic rings. The van der Waals surface area contributed by atoms with Gasteiger partial charge >= 0.3 is 0 Å². The summed E-state index contributed by atoms with van der Waals surface area (Å²) >= 11 is 0.924. The highest BCUT2D eigenvalue weighted by molar-refractivity contribution is 7.93. The number of aromatic nitrogens is 6. The van der Waals surface area contributed by atoms with Crippen LogP contribution in [0.25, 0.3) is 33.3 Å². The number of anilines is 2. The molecule has 3 N–H and O–H groups in total. The number of nitrogens with two attached hydrogens (primary N) is 1. The number of benzene rings is 2. The van der Waals surface area contributed by atoms with Crippen molar-refractivity contribution in [3.63, 3.8) is 0 Å². The zero-order valence-corrected chi connectivity index (χ0v) is 20.8. The van der Waals surface area contributed by atoms with Crippen LogP contribution in [0.2, 0.25) is 0 Å². The average Bonchev–Trinajstić information content (AvgIpc) is 3.60. The molecule has 13 heteroatoms. The molecule has 0 atom stereocenters. The lowest BCUT2D eigenvalue weighted by molar-refractivity contribution is 0.479. The maximum Gasteiger partial charge on any atom is 0.264 e. The number of nitrogens with zero attached hydrogens (tertiary/aromatic N) is 6. The minimum atomic E-state index is -4.12. The molecule has 10 nitrogen and oxygen atoms in total. The molecule has 0 bridgehead atoms. The van der Waals surface area contributed by atoms with E-state index in [0.29, 0.717) is 27.8 Å². The van der Waals surface area contributed by atoms with Gasteiger partial charge in [-0.3, -0.25) is 4.72 Å². The van der Waals surface area contributed by atoms with Gasteiger partial charge < -0.3 is 5.73 Å². The van der Waals surface area contributed by atoms with Gasteiger partial charge in [0, 0.05) is 5.56 Å². The maximum absolute atomic E-state index is 15.3. The van der Waals surface area contributed by atoms with E-state index in [0.717, 1.165) is 43.0 Å². The largest absolute Gasteiger partial charge is 0.383 e. The van der Waals surface area contributed by atoms with Crippen LogP contribution >= 0.6 is 11.7 Å². The predicted octanol–water partition coefficient (Wildman–Crippen LogP) is 4.44. The van der Waals surface area contributed by atoms with E-state index in [1.165, 1.54) is 24.5 Å². The van der Waals surface area contributed by atoms with E-state index >= 15 is 4.39 Å². The van der Waals surface area contributed by atoms with Gasteiger partial charge in [-0.1, -0.05) is 25.0 Å². The van der Waals surface area contributed by atoms with Crippen LogP contribution in [-0.2, 0) is 10.0 Å². The molecule has 3 aromatic heterocycles. The van der Waals surface area contributed by atoms with E-state index in [2.05, 4.69) is 23.4 Å². The Morgan fingerprint density at radius 1 is 1.11 bits per heavy atom. The fourth-order valence-corrected chi connectivity index (χ4v) is 6.62. The molecular weight excluding hydrogens is 503 g/mol. The van der Waals surface area contributed by atoms with Crippen molar-refractivity contribution < 1.29 is 12.8 Å². The van der Waals surface area contributed by atoms with Crippen LogP contribution in [0.5, 0.6) is 0 Å². The SMILES string of the molecule is Cc1ccc(S(=O)(=O)Nc2ccc(-c3nn(C4CCCC4)c4ncnc(N)c34)cc2F)c2nsnc12. The molecule has 0 amide bonds. The highest BCUT2D eigenvalue weighted by Crippen LogP contribution is 2.37. The molecule has 1 saturated carbocycles. The van der Waals surface area contributed by atoms with Gasteiger partial charge in [0.25, 0.3) is 10.0 Å². The zero-order chi connectivity index (χ0) is 25.0. The summed E-state index contributed by atoms with van der Waals surface area (Å²) in [5, 5.41) is 5.30. The fraction of sp³-hybridized carbons (Fsp3) is 0.261. The Morgan fingerprint density at radius 3 is 2.67 bits per heavy atom. The van der Waals surface area contributed by atoms with Gasteiger partial charge in [-0.25, -0.2) is 27.5 Å². The Bertz CT molecular complexity index is 1740. The molecule has 0 spiro atoms. The summed E-state index contributed by atoms with van der Waals surface area (Å²) in [6.07, 6.45) is 5.57. The van der Waals surface area contributed by atoms with Gasteiger partial charge in [0.1, 0.15) is 39.6 Å². The second-order valence-electron chi connectivity index (χ2n) is 8.83. The Morgan fingerprint density at radius 2 is 1.89 bits per heavy atom. The van der Waals surface area contributed by atoms with Crippen molar-refractivity contribution in [1.29, 1.82) is 0 Å². The smallest absolute Gasteiger partial charge is 0.264 e. The second-order valence-corrected chi connectivity index (χ2v) is 11.0. The first-order valence-corrected chi connectivity index (χ1v) is 13.6.